The number of benzene rings is 1. The van der Waals surface area contributed by atoms with Crippen LogP contribution >= 0.6 is 0 Å². The number of aromatic carboxylic acids is 1. The molecule has 1 N–H and O–H groups in total. The van der Waals surface area contributed by atoms with Crippen molar-refractivity contribution in [2.45, 2.75) is 103 Å². The summed E-state index contributed by atoms with van der Waals surface area (Å²) in [4.78, 5) is 10.9. The van der Waals surface area contributed by atoms with Gasteiger partial charge in [0.1, 0.15) is 5.82 Å². The number of hydrogen-bond acceptors (Lipinski definition) is 1. The number of halogens is 1. The van der Waals surface area contributed by atoms with Gasteiger partial charge in [0.2, 0.25) is 0 Å². The Hall–Kier alpha value is -1.38. The first-order chi connectivity index (χ1) is 13.6. The fraction of sp³-hybridized carbons (Fsp3) is 0.720. The van der Waals surface area contributed by atoms with Gasteiger partial charge in [-0.25, -0.2) is 9.18 Å². The van der Waals surface area contributed by atoms with E-state index < -0.39 is 11.8 Å². The molecule has 1 fully saturated rings. The molecule has 0 radical (unpaired) electrons. The van der Waals surface area contributed by atoms with Crippen molar-refractivity contribution in [1.82, 2.24) is 0 Å². The van der Waals surface area contributed by atoms with Gasteiger partial charge in [-0.2, -0.15) is 0 Å². The molecule has 1 aliphatic carbocycles. The average molecular weight is 391 g/mol. The number of rotatable bonds is 13. The topological polar surface area (TPSA) is 37.3 Å². The Morgan fingerprint density at radius 3 is 2.07 bits per heavy atom. The first kappa shape index (κ1) is 22.9. The van der Waals surface area contributed by atoms with Crippen LogP contribution in [-0.2, 0) is 6.42 Å². The predicted octanol–water partition coefficient (Wildman–Crippen LogP) is 7.79. The van der Waals surface area contributed by atoms with Crippen LogP contribution in [-0.4, -0.2) is 11.1 Å². The van der Waals surface area contributed by atoms with Gasteiger partial charge in [0, 0.05) is 0 Å². The molecule has 28 heavy (non-hydrogen) atoms. The maximum atomic E-state index is 13.8. The number of unbranched alkanes of at least 4 members (excludes halogenated alkanes) is 7. The van der Waals surface area contributed by atoms with Crippen LogP contribution in [0.15, 0.2) is 18.2 Å². The first-order valence-corrected chi connectivity index (χ1v) is 11.6. The van der Waals surface area contributed by atoms with Crippen molar-refractivity contribution >= 4 is 5.97 Å². The highest BCUT2D eigenvalue weighted by Crippen LogP contribution is 2.34. The molecule has 158 valence electrons. The molecule has 1 aromatic carbocycles. The van der Waals surface area contributed by atoms with Crippen LogP contribution in [0.4, 0.5) is 4.39 Å². The molecule has 0 aromatic heterocycles. The van der Waals surface area contributed by atoms with Crippen LogP contribution in [0.3, 0.4) is 0 Å². The predicted molar refractivity (Wildman–Crippen MR) is 114 cm³/mol. The van der Waals surface area contributed by atoms with E-state index in [0.717, 1.165) is 30.2 Å². The largest absolute Gasteiger partial charge is 0.478 e. The molecule has 0 aliphatic heterocycles. The van der Waals surface area contributed by atoms with Crippen LogP contribution in [0.1, 0.15) is 113 Å². The highest BCUT2D eigenvalue weighted by molar-refractivity contribution is 5.87. The van der Waals surface area contributed by atoms with Crippen LogP contribution in [0.5, 0.6) is 0 Å². The molecule has 0 atom stereocenters. The fourth-order valence-electron chi connectivity index (χ4n) is 4.63. The molecule has 1 saturated carbocycles. The standard InChI is InChI=1S/C25H39FO2/c1-2-3-4-5-6-7-8-9-10-20-11-13-21(14-12-20)15-16-22-17-18-23(25(27)28)24(26)19-22/h17-21H,2-16H2,1H3,(H,27,28)/t20-,21-. The Morgan fingerprint density at radius 2 is 1.50 bits per heavy atom. The quantitative estimate of drug-likeness (QED) is 0.349. The van der Waals surface area contributed by atoms with Gasteiger partial charge in [-0.05, 0) is 42.4 Å². The Morgan fingerprint density at radius 1 is 0.929 bits per heavy atom. The zero-order valence-electron chi connectivity index (χ0n) is 17.7. The van der Waals surface area contributed by atoms with Crippen LogP contribution in [0.2, 0.25) is 0 Å². The number of carbonyl (C=O) groups is 1. The molecule has 2 nitrogen and oxygen atoms in total. The highest BCUT2D eigenvalue weighted by atomic mass is 19.1. The summed E-state index contributed by atoms with van der Waals surface area (Å²) in [5, 5.41) is 8.91. The van der Waals surface area contributed by atoms with Crippen molar-refractivity contribution in [2.24, 2.45) is 11.8 Å². The summed E-state index contributed by atoms with van der Waals surface area (Å²) in [7, 11) is 0. The van der Waals surface area contributed by atoms with Crippen molar-refractivity contribution in [3.63, 3.8) is 0 Å². The van der Waals surface area contributed by atoms with Gasteiger partial charge in [0.05, 0.1) is 5.56 Å². The van der Waals surface area contributed by atoms with E-state index >= 15 is 0 Å². The minimum atomic E-state index is -1.20. The molecule has 0 amide bonds. The summed E-state index contributed by atoms with van der Waals surface area (Å²) >= 11 is 0. The SMILES string of the molecule is CCCCCCCCCC[C@H]1CC[C@H](CCc2ccc(C(=O)O)c(F)c2)CC1. The number of carboxylic acids is 1. The van der Waals surface area contributed by atoms with Gasteiger partial charge < -0.3 is 5.11 Å². The summed E-state index contributed by atoms with van der Waals surface area (Å²) in [6.45, 7) is 2.27. The number of carboxylic acid groups (broad SMARTS) is 1. The summed E-state index contributed by atoms with van der Waals surface area (Å²) in [5.74, 6) is -0.140. The Balaban J connectivity index is 1.55. The van der Waals surface area contributed by atoms with E-state index in [4.69, 9.17) is 5.11 Å². The molecule has 3 heteroatoms. The lowest BCUT2D eigenvalue weighted by atomic mass is 9.77. The first-order valence-electron chi connectivity index (χ1n) is 11.6. The van der Waals surface area contributed by atoms with E-state index in [9.17, 15) is 9.18 Å². The summed E-state index contributed by atoms with van der Waals surface area (Å²) in [6.07, 6.45) is 19.9. The second-order valence-corrected chi connectivity index (χ2v) is 8.81. The van der Waals surface area contributed by atoms with Gasteiger partial charge in [0.25, 0.3) is 0 Å². The van der Waals surface area contributed by atoms with Gasteiger partial charge in [0.15, 0.2) is 0 Å². The molecule has 0 bridgehead atoms. The van der Waals surface area contributed by atoms with Gasteiger partial charge in [-0.1, -0.05) is 96.5 Å². The second kappa shape index (κ2) is 13.0. The molecule has 0 heterocycles. The monoisotopic (exact) mass is 390 g/mol. The van der Waals surface area contributed by atoms with Crippen molar-refractivity contribution in [3.05, 3.63) is 35.1 Å². The Labute approximate surface area is 170 Å². The van der Waals surface area contributed by atoms with E-state index in [0.29, 0.717) is 0 Å². The van der Waals surface area contributed by atoms with Gasteiger partial charge in [-0.3, -0.25) is 0 Å². The maximum Gasteiger partial charge on any atom is 0.338 e. The molecule has 0 saturated heterocycles. The molecule has 1 aliphatic rings. The third-order valence-corrected chi connectivity index (χ3v) is 6.54. The smallest absolute Gasteiger partial charge is 0.338 e. The molecular formula is C25H39FO2. The van der Waals surface area contributed by atoms with E-state index in [1.165, 1.54) is 95.6 Å². The summed E-state index contributed by atoms with van der Waals surface area (Å²) in [6, 6.07) is 4.56. The zero-order valence-corrected chi connectivity index (χ0v) is 17.7. The van der Waals surface area contributed by atoms with E-state index in [-0.39, 0.29) is 5.56 Å². The minimum absolute atomic E-state index is 0.231. The summed E-state index contributed by atoms with van der Waals surface area (Å²) < 4.78 is 13.8. The maximum absolute atomic E-state index is 13.8. The number of hydrogen-bond donors (Lipinski definition) is 1. The van der Waals surface area contributed by atoms with Crippen molar-refractivity contribution in [3.8, 4) is 0 Å². The molecular weight excluding hydrogens is 351 g/mol. The molecule has 2 rings (SSSR count). The average Bonchev–Trinajstić information content (AvgIpc) is 2.69. The van der Waals surface area contributed by atoms with Crippen LogP contribution in [0.25, 0.3) is 0 Å². The lowest BCUT2D eigenvalue weighted by Crippen LogP contribution is -2.15. The fourth-order valence-corrected chi connectivity index (χ4v) is 4.63. The van der Waals surface area contributed by atoms with E-state index in [1.54, 1.807) is 6.07 Å². The lowest BCUT2D eigenvalue weighted by Gasteiger charge is -2.28. The Bertz CT molecular complexity index is 576. The summed E-state index contributed by atoms with van der Waals surface area (Å²) in [5.41, 5.74) is 0.689. The van der Waals surface area contributed by atoms with Crippen molar-refractivity contribution in [2.75, 3.05) is 0 Å². The Kier molecular flexibility index (Phi) is 10.6. The zero-order chi connectivity index (χ0) is 20.2. The number of aryl methyl sites for hydroxylation is 1. The normalized spacial score (nSPS) is 19.6. The molecule has 1 aromatic rings. The van der Waals surface area contributed by atoms with Crippen LogP contribution < -0.4 is 0 Å². The van der Waals surface area contributed by atoms with Crippen LogP contribution in [0, 0.1) is 17.7 Å². The van der Waals surface area contributed by atoms with E-state index in [1.807, 2.05) is 0 Å². The van der Waals surface area contributed by atoms with Crippen molar-refractivity contribution in [1.29, 1.82) is 0 Å². The molecule has 0 unspecified atom stereocenters. The van der Waals surface area contributed by atoms with Gasteiger partial charge in [-0.15, -0.1) is 0 Å². The third kappa shape index (κ3) is 8.32. The highest BCUT2D eigenvalue weighted by Gasteiger charge is 2.21. The van der Waals surface area contributed by atoms with Crippen molar-refractivity contribution < 1.29 is 14.3 Å². The molecule has 0 spiro atoms. The second-order valence-electron chi connectivity index (χ2n) is 8.81. The van der Waals surface area contributed by atoms with Gasteiger partial charge >= 0.3 is 5.97 Å². The lowest BCUT2D eigenvalue weighted by molar-refractivity contribution is 0.0692. The minimum Gasteiger partial charge on any atom is -0.478 e. The van der Waals surface area contributed by atoms with E-state index in [2.05, 4.69) is 6.92 Å². The third-order valence-electron chi connectivity index (χ3n) is 6.54.